The van der Waals surface area contributed by atoms with E-state index >= 15 is 0 Å². The second-order valence-electron chi connectivity index (χ2n) is 2.26. The molecule has 72 valence electrons. The van der Waals surface area contributed by atoms with Crippen molar-refractivity contribution in [3.8, 4) is 5.75 Å². The molecule has 1 rings (SSSR count). The maximum Gasteiger partial charge on any atom is 0.267 e. The highest BCUT2D eigenvalue weighted by Gasteiger charge is 2.21. The topological polar surface area (TPSA) is 33.1 Å². The van der Waals surface area contributed by atoms with Crippen LogP contribution in [0.5, 0.6) is 5.75 Å². The van der Waals surface area contributed by atoms with Crippen LogP contribution in [0, 0.1) is 5.95 Å². The second-order valence-corrected chi connectivity index (χ2v) is 2.53. The standard InChI is InChI=1S/C7H5ClF3NO/c8-1-3-5(6(9)10)4(13)2-12-7(3)11/h2,6,13H,1H2. The average molecular weight is 212 g/mol. The first kappa shape index (κ1) is 10.1. The predicted octanol–water partition coefficient (Wildman–Crippen LogP) is 2.60. The third kappa shape index (κ3) is 1.85. The van der Waals surface area contributed by atoms with Gasteiger partial charge in [-0.25, -0.2) is 13.8 Å². The molecular weight excluding hydrogens is 207 g/mol. The lowest BCUT2D eigenvalue weighted by Crippen LogP contribution is -1.99. The van der Waals surface area contributed by atoms with Crippen LogP contribution in [0.3, 0.4) is 0 Å². The summed E-state index contributed by atoms with van der Waals surface area (Å²) in [6.45, 7) is 0. The van der Waals surface area contributed by atoms with Gasteiger partial charge in [0.25, 0.3) is 6.43 Å². The minimum Gasteiger partial charge on any atom is -0.506 e. The molecule has 6 heteroatoms. The number of hydrogen-bond acceptors (Lipinski definition) is 2. The molecule has 0 fully saturated rings. The van der Waals surface area contributed by atoms with Gasteiger partial charge in [-0.05, 0) is 0 Å². The largest absolute Gasteiger partial charge is 0.506 e. The Morgan fingerprint density at radius 3 is 2.54 bits per heavy atom. The van der Waals surface area contributed by atoms with Crippen molar-refractivity contribution in [2.24, 2.45) is 0 Å². The molecule has 0 aliphatic carbocycles. The third-order valence-corrected chi connectivity index (χ3v) is 1.77. The van der Waals surface area contributed by atoms with Crippen molar-refractivity contribution in [1.29, 1.82) is 0 Å². The van der Waals surface area contributed by atoms with Crippen LogP contribution in [0.15, 0.2) is 6.20 Å². The highest BCUT2D eigenvalue weighted by atomic mass is 35.5. The van der Waals surface area contributed by atoms with Crippen molar-refractivity contribution in [2.45, 2.75) is 12.3 Å². The molecule has 0 spiro atoms. The number of aromatic hydroxyl groups is 1. The highest BCUT2D eigenvalue weighted by molar-refractivity contribution is 6.17. The normalized spacial score (nSPS) is 10.8. The van der Waals surface area contributed by atoms with E-state index in [9.17, 15) is 13.2 Å². The lowest BCUT2D eigenvalue weighted by Gasteiger charge is -2.07. The van der Waals surface area contributed by atoms with Gasteiger partial charge >= 0.3 is 0 Å². The Morgan fingerprint density at radius 1 is 1.54 bits per heavy atom. The molecule has 0 amide bonds. The van der Waals surface area contributed by atoms with Crippen LogP contribution in [0.4, 0.5) is 13.2 Å². The molecule has 1 heterocycles. The average Bonchev–Trinajstić information content (AvgIpc) is 2.07. The Kier molecular flexibility index (Phi) is 2.98. The van der Waals surface area contributed by atoms with Crippen LogP contribution >= 0.6 is 11.6 Å². The minimum absolute atomic E-state index is 0.451. The summed E-state index contributed by atoms with van der Waals surface area (Å²) in [7, 11) is 0. The lowest BCUT2D eigenvalue weighted by atomic mass is 10.1. The smallest absolute Gasteiger partial charge is 0.267 e. The van der Waals surface area contributed by atoms with Gasteiger partial charge in [0.05, 0.1) is 17.6 Å². The van der Waals surface area contributed by atoms with Gasteiger partial charge < -0.3 is 5.11 Å². The van der Waals surface area contributed by atoms with Gasteiger partial charge in [-0.1, -0.05) is 0 Å². The Morgan fingerprint density at radius 2 is 2.15 bits per heavy atom. The Bertz CT molecular complexity index is 319. The van der Waals surface area contributed by atoms with Gasteiger partial charge in [-0.2, -0.15) is 4.39 Å². The van der Waals surface area contributed by atoms with E-state index < -0.39 is 35.1 Å². The number of rotatable bonds is 2. The van der Waals surface area contributed by atoms with E-state index in [1.54, 1.807) is 0 Å². The fourth-order valence-corrected chi connectivity index (χ4v) is 1.16. The summed E-state index contributed by atoms with van der Waals surface area (Å²) in [6, 6.07) is 0. The zero-order valence-electron chi connectivity index (χ0n) is 6.27. The number of nitrogens with zero attached hydrogens (tertiary/aromatic N) is 1. The number of aromatic nitrogens is 1. The van der Waals surface area contributed by atoms with Crippen molar-refractivity contribution in [1.82, 2.24) is 4.98 Å². The number of alkyl halides is 3. The Labute approximate surface area is 77.0 Å². The van der Waals surface area contributed by atoms with E-state index in [4.69, 9.17) is 16.7 Å². The molecule has 2 nitrogen and oxygen atoms in total. The summed E-state index contributed by atoms with van der Waals surface area (Å²) < 4.78 is 37.2. The number of hydrogen-bond donors (Lipinski definition) is 1. The quantitative estimate of drug-likeness (QED) is 0.603. The molecule has 0 unspecified atom stereocenters. The van der Waals surface area contributed by atoms with E-state index in [1.165, 1.54) is 0 Å². The van der Waals surface area contributed by atoms with Crippen molar-refractivity contribution in [2.75, 3.05) is 0 Å². The van der Waals surface area contributed by atoms with Crippen molar-refractivity contribution in [3.63, 3.8) is 0 Å². The van der Waals surface area contributed by atoms with Gasteiger partial charge in [0.1, 0.15) is 5.75 Å². The summed E-state index contributed by atoms with van der Waals surface area (Å²) in [4.78, 5) is 3.06. The first-order valence-electron chi connectivity index (χ1n) is 3.28. The summed E-state index contributed by atoms with van der Waals surface area (Å²) in [5.41, 5.74) is -1.25. The summed E-state index contributed by atoms with van der Waals surface area (Å²) >= 11 is 5.23. The summed E-state index contributed by atoms with van der Waals surface area (Å²) in [5, 5.41) is 8.95. The molecule has 1 N–H and O–H groups in total. The summed E-state index contributed by atoms with van der Waals surface area (Å²) in [6.07, 6.45) is -2.33. The van der Waals surface area contributed by atoms with Crippen molar-refractivity contribution in [3.05, 3.63) is 23.3 Å². The molecule has 0 aliphatic rings. The zero-order chi connectivity index (χ0) is 10.0. The van der Waals surface area contributed by atoms with Crippen molar-refractivity contribution >= 4 is 11.6 Å². The monoisotopic (exact) mass is 211 g/mol. The molecule has 1 aromatic rings. The Balaban J connectivity index is 3.35. The molecule has 0 saturated heterocycles. The molecular formula is C7H5ClF3NO. The lowest BCUT2D eigenvalue weighted by molar-refractivity contribution is 0.145. The van der Waals surface area contributed by atoms with E-state index in [-0.39, 0.29) is 0 Å². The molecule has 0 saturated carbocycles. The molecule has 0 atom stereocenters. The first-order chi connectivity index (χ1) is 6.07. The van der Waals surface area contributed by atoms with Gasteiger partial charge in [0.2, 0.25) is 5.95 Å². The number of halogens is 4. The predicted molar refractivity (Wildman–Crippen MR) is 40.4 cm³/mol. The fraction of sp³-hybridized carbons (Fsp3) is 0.286. The van der Waals surface area contributed by atoms with Crippen LogP contribution in [0.25, 0.3) is 0 Å². The van der Waals surface area contributed by atoms with E-state index in [0.717, 1.165) is 0 Å². The van der Waals surface area contributed by atoms with Gasteiger partial charge in [-0.3, -0.25) is 0 Å². The highest BCUT2D eigenvalue weighted by Crippen LogP contribution is 2.32. The van der Waals surface area contributed by atoms with Crippen LogP contribution in [-0.4, -0.2) is 10.1 Å². The van der Waals surface area contributed by atoms with Gasteiger partial charge in [0, 0.05) is 5.56 Å². The maximum absolute atomic E-state index is 12.8. The van der Waals surface area contributed by atoms with Crippen LogP contribution in [0.2, 0.25) is 0 Å². The van der Waals surface area contributed by atoms with Crippen LogP contribution in [-0.2, 0) is 5.88 Å². The van der Waals surface area contributed by atoms with Crippen molar-refractivity contribution < 1.29 is 18.3 Å². The van der Waals surface area contributed by atoms with Gasteiger partial charge in [0.15, 0.2) is 0 Å². The summed E-state index contributed by atoms with van der Waals surface area (Å²) in [5.74, 6) is -2.28. The zero-order valence-corrected chi connectivity index (χ0v) is 7.02. The molecule has 13 heavy (non-hydrogen) atoms. The van der Waals surface area contributed by atoms with Gasteiger partial charge in [-0.15, -0.1) is 11.6 Å². The first-order valence-corrected chi connectivity index (χ1v) is 3.81. The van der Waals surface area contributed by atoms with Crippen LogP contribution in [0.1, 0.15) is 17.6 Å². The SMILES string of the molecule is Oc1cnc(F)c(CCl)c1C(F)F. The molecule has 0 radical (unpaired) electrons. The van der Waals surface area contributed by atoms with E-state index in [2.05, 4.69) is 4.98 Å². The number of pyridine rings is 1. The molecule has 1 aromatic heterocycles. The maximum atomic E-state index is 12.8. The van der Waals surface area contributed by atoms with E-state index in [1.807, 2.05) is 0 Å². The molecule has 0 aliphatic heterocycles. The third-order valence-electron chi connectivity index (χ3n) is 1.50. The molecule has 0 bridgehead atoms. The minimum atomic E-state index is -2.97. The Hall–Kier alpha value is -0.970. The van der Waals surface area contributed by atoms with Crippen LogP contribution < -0.4 is 0 Å². The van der Waals surface area contributed by atoms with E-state index in [0.29, 0.717) is 6.20 Å². The fourth-order valence-electron chi connectivity index (χ4n) is 0.902. The molecule has 0 aromatic carbocycles. The second kappa shape index (κ2) is 3.83.